The van der Waals surface area contributed by atoms with Crippen molar-refractivity contribution in [3.05, 3.63) is 76.1 Å². The number of alkyl halides is 3. The fraction of sp³-hybridized carbons (Fsp3) is 0.158. The van der Waals surface area contributed by atoms with Crippen molar-refractivity contribution in [3.8, 4) is 5.69 Å². The molecule has 6 nitrogen and oxygen atoms in total. The Labute approximate surface area is 166 Å². The molecular formula is C19H14F3N5OS. The van der Waals surface area contributed by atoms with Gasteiger partial charge in [0.25, 0.3) is 5.56 Å². The summed E-state index contributed by atoms with van der Waals surface area (Å²) in [5, 5.41) is 8.92. The SMILES string of the molecule is Cc1nnc(SCc2nc3cc(C(F)(F)F)ccc3c(=O)[nH]2)n1-c1ccccc1. The van der Waals surface area contributed by atoms with Crippen LogP contribution in [0.15, 0.2) is 58.5 Å². The van der Waals surface area contributed by atoms with Crippen LogP contribution in [0.4, 0.5) is 13.2 Å². The Morgan fingerprint density at radius 1 is 1.10 bits per heavy atom. The van der Waals surface area contributed by atoms with Gasteiger partial charge in [-0.1, -0.05) is 30.0 Å². The second-order valence-electron chi connectivity index (χ2n) is 6.23. The Bertz CT molecular complexity index is 1230. The monoisotopic (exact) mass is 417 g/mol. The van der Waals surface area contributed by atoms with Gasteiger partial charge < -0.3 is 4.98 Å². The van der Waals surface area contributed by atoms with Crippen molar-refractivity contribution in [3.63, 3.8) is 0 Å². The summed E-state index contributed by atoms with van der Waals surface area (Å²) in [6, 6.07) is 12.4. The zero-order chi connectivity index (χ0) is 20.6. The lowest BCUT2D eigenvalue weighted by atomic mass is 10.1. The summed E-state index contributed by atoms with van der Waals surface area (Å²) < 4.78 is 40.7. The minimum atomic E-state index is -4.50. The van der Waals surface area contributed by atoms with E-state index in [0.717, 1.165) is 23.9 Å². The van der Waals surface area contributed by atoms with Crippen LogP contribution in [0.5, 0.6) is 0 Å². The minimum Gasteiger partial charge on any atom is -0.309 e. The molecule has 0 saturated carbocycles. The zero-order valence-electron chi connectivity index (χ0n) is 15.1. The van der Waals surface area contributed by atoms with E-state index in [9.17, 15) is 18.0 Å². The molecule has 148 valence electrons. The van der Waals surface area contributed by atoms with Crippen molar-refractivity contribution >= 4 is 22.7 Å². The van der Waals surface area contributed by atoms with Gasteiger partial charge in [0.1, 0.15) is 11.6 Å². The molecule has 10 heteroatoms. The van der Waals surface area contributed by atoms with Crippen molar-refractivity contribution in [2.24, 2.45) is 0 Å². The van der Waals surface area contributed by atoms with Gasteiger partial charge in [-0.25, -0.2) is 4.98 Å². The number of H-pyrrole nitrogens is 1. The number of aryl methyl sites for hydroxylation is 1. The third-order valence-corrected chi connectivity index (χ3v) is 5.17. The summed E-state index contributed by atoms with van der Waals surface area (Å²) in [7, 11) is 0. The third-order valence-electron chi connectivity index (χ3n) is 4.23. The van der Waals surface area contributed by atoms with Crippen LogP contribution in [0.2, 0.25) is 0 Å². The van der Waals surface area contributed by atoms with Crippen LogP contribution in [0.1, 0.15) is 17.2 Å². The second kappa shape index (κ2) is 7.36. The van der Waals surface area contributed by atoms with Gasteiger partial charge in [-0.2, -0.15) is 13.2 Å². The Morgan fingerprint density at radius 3 is 2.59 bits per heavy atom. The van der Waals surface area contributed by atoms with E-state index in [0.29, 0.717) is 11.0 Å². The predicted octanol–water partition coefficient (Wildman–Crippen LogP) is 4.12. The maximum absolute atomic E-state index is 13.0. The first-order valence-electron chi connectivity index (χ1n) is 8.53. The molecule has 29 heavy (non-hydrogen) atoms. The predicted molar refractivity (Wildman–Crippen MR) is 103 cm³/mol. The molecule has 0 saturated heterocycles. The Hall–Kier alpha value is -3.14. The van der Waals surface area contributed by atoms with Crippen LogP contribution < -0.4 is 5.56 Å². The molecule has 2 heterocycles. The summed E-state index contributed by atoms with van der Waals surface area (Å²) in [6.45, 7) is 1.82. The van der Waals surface area contributed by atoms with E-state index in [1.165, 1.54) is 11.8 Å². The van der Waals surface area contributed by atoms with Gasteiger partial charge in [0.05, 0.1) is 22.2 Å². The molecule has 4 aromatic rings. The average Bonchev–Trinajstić information content (AvgIpc) is 3.06. The van der Waals surface area contributed by atoms with Crippen LogP contribution in [-0.2, 0) is 11.9 Å². The van der Waals surface area contributed by atoms with Gasteiger partial charge >= 0.3 is 6.18 Å². The summed E-state index contributed by atoms with van der Waals surface area (Å²) in [4.78, 5) is 19.1. The molecule has 0 bridgehead atoms. The number of nitrogens with one attached hydrogen (secondary N) is 1. The van der Waals surface area contributed by atoms with E-state index >= 15 is 0 Å². The Morgan fingerprint density at radius 2 is 1.86 bits per heavy atom. The summed E-state index contributed by atoms with van der Waals surface area (Å²) >= 11 is 1.28. The molecule has 4 rings (SSSR count). The molecule has 0 aliphatic carbocycles. The first kappa shape index (κ1) is 19.2. The maximum Gasteiger partial charge on any atom is 0.416 e. The lowest BCUT2D eigenvalue weighted by molar-refractivity contribution is -0.137. The molecule has 0 spiro atoms. The van der Waals surface area contributed by atoms with E-state index in [2.05, 4.69) is 20.2 Å². The second-order valence-corrected chi connectivity index (χ2v) is 7.17. The Kier molecular flexibility index (Phi) is 4.87. The van der Waals surface area contributed by atoms with Gasteiger partial charge in [0.15, 0.2) is 5.16 Å². The zero-order valence-corrected chi connectivity index (χ0v) is 15.9. The number of aromatic nitrogens is 5. The number of halogens is 3. The van der Waals surface area contributed by atoms with Crippen LogP contribution in [0, 0.1) is 6.92 Å². The smallest absolute Gasteiger partial charge is 0.309 e. The normalized spacial score (nSPS) is 11.9. The topological polar surface area (TPSA) is 76.5 Å². The van der Waals surface area contributed by atoms with E-state index in [1.54, 1.807) is 0 Å². The summed E-state index contributed by atoms with van der Waals surface area (Å²) in [6.07, 6.45) is -4.50. The molecule has 1 N–H and O–H groups in total. The van der Waals surface area contributed by atoms with E-state index < -0.39 is 17.3 Å². The van der Waals surface area contributed by atoms with E-state index in [1.807, 2.05) is 41.8 Å². The molecule has 0 unspecified atom stereocenters. The average molecular weight is 417 g/mol. The van der Waals surface area contributed by atoms with Crippen molar-refractivity contribution < 1.29 is 13.2 Å². The highest BCUT2D eigenvalue weighted by molar-refractivity contribution is 7.98. The highest BCUT2D eigenvalue weighted by Gasteiger charge is 2.30. The first-order valence-corrected chi connectivity index (χ1v) is 9.52. The number of rotatable bonds is 4. The van der Waals surface area contributed by atoms with Crippen molar-refractivity contribution in [1.29, 1.82) is 0 Å². The number of thioether (sulfide) groups is 1. The van der Waals surface area contributed by atoms with Crippen molar-refractivity contribution in [1.82, 2.24) is 24.7 Å². The summed E-state index contributed by atoms with van der Waals surface area (Å²) in [5.74, 6) is 1.16. The van der Waals surface area contributed by atoms with Gasteiger partial charge in [-0.15, -0.1) is 10.2 Å². The number of hydrogen-bond donors (Lipinski definition) is 1. The number of para-hydroxylation sites is 1. The molecule has 0 radical (unpaired) electrons. The van der Waals surface area contributed by atoms with Crippen LogP contribution >= 0.6 is 11.8 Å². The maximum atomic E-state index is 13.0. The number of hydrogen-bond acceptors (Lipinski definition) is 5. The number of benzene rings is 2. The molecule has 0 atom stereocenters. The van der Waals surface area contributed by atoms with Crippen molar-refractivity contribution in [2.45, 2.75) is 24.0 Å². The first-order chi connectivity index (χ1) is 13.8. The molecule has 0 aliphatic rings. The fourth-order valence-electron chi connectivity index (χ4n) is 2.88. The molecule has 0 aliphatic heterocycles. The lowest BCUT2D eigenvalue weighted by Gasteiger charge is -2.09. The van der Waals surface area contributed by atoms with Crippen LogP contribution in [-0.4, -0.2) is 24.7 Å². The minimum absolute atomic E-state index is 0.000109. The fourth-order valence-corrected chi connectivity index (χ4v) is 3.74. The molecule has 0 amide bonds. The number of nitrogens with zero attached hydrogens (tertiary/aromatic N) is 4. The van der Waals surface area contributed by atoms with Gasteiger partial charge in [-0.05, 0) is 37.3 Å². The van der Waals surface area contributed by atoms with E-state index in [-0.39, 0.29) is 22.5 Å². The van der Waals surface area contributed by atoms with Crippen LogP contribution in [0.25, 0.3) is 16.6 Å². The quantitative estimate of drug-likeness (QED) is 0.506. The third kappa shape index (κ3) is 3.88. The molecular weight excluding hydrogens is 403 g/mol. The summed E-state index contributed by atoms with van der Waals surface area (Å²) in [5.41, 5.74) is -0.451. The highest BCUT2D eigenvalue weighted by Crippen LogP contribution is 2.30. The van der Waals surface area contributed by atoms with Crippen molar-refractivity contribution in [2.75, 3.05) is 0 Å². The van der Waals surface area contributed by atoms with Gasteiger partial charge in [0, 0.05) is 5.69 Å². The van der Waals surface area contributed by atoms with E-state index in [4.69, 9.17) is 0 Å². The Balaban J connectivity index is 1.65. The molecule has 2 aromatic carbocycles. The van der Waals surface area contributed by atoms with Crippen LogP contribution in [0.3, 0.4) is 0 Å². The number of fused-ring (bicyclic) bond motifs is 1. The van der Waals surface area contributed by atoms with Gasteiger partial charge in [0.2, 0.25) is 0 Å². The lowest BCUT2D eigenvalue weighted by Crippen LogP contribution is -2.13. The van der Waals surface area contributed by atoms with Gasteiger partial charge in [-0.3, -0.25) is 9.36 Å². The number of aromatic amines is 1. The highest BCUT2D eigenvalue weighted by atomic mass is 32.2. The largest absolute Gasteiger partial charge is 0.416 e. The standard InChI is InChI=1S/C19H14F3N5OS/c1-11-25-26-18(27(11)13-5-3-2-4-6-13)29-10-16-23-15-9-12(19(20,21)22)7-8-14(15)17(28)24-16/h2-9H,10H2,1H3,(H,23,24,28). The molecule has 2 aromatic heterocycles. The molecule has 0 fully saturated rings.